The molecule has 1 amide bonds. The fraction of sp³-hybridized carbons (Fsp3) is 0.316. The number of anilines is 1. The smallest absolute Gasteiger partial charge is 0.238 e. The predicted molar refractivity (Wildman–Crippen MR) is 98.9 cm³/mol. The molecule has 0 aliphatic carbocycles. The maximum absolute atomic E-state index is 12.3. The molecule has 0 fully saturated rings. The Morgan fingerprint density at radius 1 is 1.17 bits per heavy atom. The fourth-order valence-corrected chi connectivity index (χ4v) is 2.91. The first-order valence-electron chi connectivity index (χ1n) is 7.76. The number of likely N-dealkylation sites (N-methyl/N-ethyl adjacent to an activating group) is 1. The molecule has 0 aliphatic rings. The van der Waals surface area contributed by atoms with E-state index in [9.17, 15) is 4.79 Å². The summed E-state index contributed by atoms with van der Waals surface area (Å²) < 4.78 is 5.24. The van der Waals surface area contributed by atoms with Gasteiger partial charge in [0, 0.05) is 11.6 Å². The second kappa shape index (κ2) is 8.18. The lowest BCUT2D eigenvalue weighted by Crippen LogP contribution is -2.30. The van der Waals surface area contributed by atoms with Gasteiger partial charge in [0.25, 0.3) is 0 Å². The summed E-state index contributed by atoms with van der Waals surface area (Å²) in [7, 11) is 3.48. The van der Waals surface area contributed by atoms with Crippen molar-refractivity contribution >= 4 is 23.2 Å². The monoisotopic (exact) mass is 346 g/mol. The minimum Gasteiger partial charge on any atom is -0.495 e. The molecule has 128 valence electrons. The Morgan fingerprint density at radius 3 is 2.46 bits per heavy atom. The first-order valence-corrected chi connectivity index (χ1v) is 8.14. The maximum atomic E-state index is 12.3. The van der Waals surface area contributed by atoms with Gasteiger partial charge in [-0.2, -0.15) is 0 Å². The number of hydrogen-bond donors (Lipinski definition) is 1. The van der Waals surface area contributed by atoms with Gasteiger partial charge in [-0.05, 0) is 44.7 Å². The molecular formula is C19H23ClN2O2. The Kier molecular flexibility index (Phi) is 6.23. The Morgan fingerprint density at radius 2 is 1.83 bits per heavy atom. The van der Waals surface area contributed by atoms with Crippen LogP contribution in [0.1, 0.15) is 16.7 Å². The van der Waals surface area contributed by atoms with Gasteiger partial charge in [-0.3, -0.25) is 9.69 Å². The molecular weight excluding hydrogens is 324 g/mol. The lowest BCUT2D eigenvalue weighted by Gasteiger charge is -2.18. The molecule has 0 heterocycles. The van der Waals surface area contributed by atoms with Crippen molar-refractivity contribution in [3.8, 4) is 5.75 Å². The Labute approximate surface area is 148 Å². The second-order valence-electron chi connectivity index (χ2n) is 6.06. The summed E-state index contributed by atoms with van der Waals surface area (Å²) in [5, 5.41) is 3.40. The summed E-state index contributed by atoms with van der Waals surface area (Å²) in [6, 6.07) is 11.6. The van der Waals surface area contributed by atoms with Crippen molar-refractivity contribution < 1.29 is 9.53 Å². The molecule has 0 atom stereocenters. The number of aryl methyl sites for hydroxylation is 2. The lowest BCUT2D eigenvalue weighted by atomic mass is 10.1. The van der Waals surface area contributed by atoms with Crippen LogP contribution < -0.4 is 10.1 Å². The first kappa shape index (κ1) is 18.3. The van der Waals surface area contributed by atoms with Crippen LogP contribution in [0.5, 0.6) is 5.75 Å². The van der Waals surface area contributed by atoms with Crippen LogP contribution in [-0.4, -0.2) is 31.5 Å². The van der Waals surface area contributed by atoms with Gasteiger partial charge in [-0.15, -0.1) is 0 Å². The van der Waals surface area contributed by atoms with Gasteiger partial charge in [-0.25, -0.2) is 0 Å². The van der Waals surface area contributed by atoms with E-state index in [-0.39, 0.29) is 12.5 Å². The highest BCUT2D eigenvalue weighted by Crippen LogP contribution is 2.27. The third-order valence-electron chi connectivity index (χ3n) is 3.58. The van der Waals surface area contributed by atoms with Gasteiger partial charge < -0.3 is 10.1 Å². The van der Waals surface area contributed by atoms with Crippen LogP contribution in [0.4, 0.5) is 5.69 Å². The second-order valence-corrected chi connectivity index (χ2v) is 6.50. The molecule has 2 aromatic carbocycles. The fourth-order valence-electron chi connectivity index (χ4n) is 2.74. The molecule has 0 saturated heterocycles. The van der Waals surface area contributed by atoms with Gasteiger partial charge in [0.1, 0.15) is 5.75 Å². The van der Waals surface area contributed by atoms with E-state index < -0.39 is 0 Å². The number of benzene rings is 2. The molecule has 2 rings (SSSR count). The molecule has 2 aromatic rings. The van der Waals surface area contributed by atoms with E-state index in [1.54, 1.807) is 25.3 Å². The summed E-state index contributed by atoms with van der Waals surface area (Å²) in [4.78, 5) is 14.2. The van der Waals surface area contributed by atoms with Gasteiger partial charge in [0.2, 0.25) is 5.91 Å². The van der Waals surface area contributed by atoms with Crippen LogP contribution in [0.25, 0.3) is 0 Å². The Balaban J connectivity index is 1.98. The Hall–Kier alpha value is -2.04. The summed E-state index contributed by atoms with van der Waals surface area (Å²) in [6.45, 7) is 5.15. The van der Waals surface area contributed by atoms with Crippen LogP contribution in [0, 0.1) is 13.8 Å². The van der Waals surface area contributed by atoms with Crippen LogP contribution in [0.2, 0.25) is 5.02 Å². The summed E-state index contributed by atoms with van der Waals surface area (Å²) in [5.74, 6) is 0.479. The number of nitrogens with one attached hydrogen (secondary N) is 1. The average molecular weight is 347 g/mol. The quantitative estimate of drug-likeness (QED) is 0.858. The van der Waals surface area contributed by atoms with Crippen LogP contribution in [0.3, 0.4) is 0 Å². The normalized spacial score (nSPS) is 10.8. The van der Waals surface area contributed by atoms with Gasteiger partial charge in [-0.1, -0.05) is 40.9 Å². The molecule has 0 spiro atoms. The van der Waals surface area contributed by atoms with E-state index in [2.05, 4.69) is 37.4 Å². The zero-order chi connectivity index (χ0) is 17.7. The lowest BCUT2D eigenvalue weighted by molar-refractivity contribution is -0.117. The van der Waals surface area contributed by atoms with Crippen molar-refractivity contribution in [3.63, 3.8) is 0 Å². The van der Waals surface area contributed by atoms with Gasteiger partial charge >= 0.3 is 0 Å². The van der Waals surface area contributed by atoms with E-state index in [1.807, 2.05) is 11.9 Å². The number of methoxy groups -OCH3 is 1. The third kappa shape index (κ3) is 5.25. The molecule has 24 heavy (non-hydrogen) atoms. The zero-order valence-corrected chi connectivity index (χ0v) is 15.3. The van der Waals surface area contributed by atoms with Crippen LogP contribution >= 0.6 is 11.6 Å². The van der Waals surface area contributed by atoms with Crippen molar-refractivity contribution in [2.75, 3.05) is 26.0 Å². The van der Waals surface area contributed by atoms with Crippen molar-refractivity contribution in [1.29, 1.82) is 0 Å². The van der Waals surface area contributed by atoms with Gasteiger partial charge in [0.15, 0.2) is 0 Å². The molecule has 0 bridgehead atoms. The van der Waals surface area contributed by atoms with E-state index >= 15 is 0 Å². The number of rotatable bonds is 6. The number of nitrogens with zero attached hydrogens (tertiary/aromatic N) is 1. The molecule has 4 nitrogen and oxygen atoms in total. The number of ether oxygens (including phenoxy) is 1. The SMILES string of the molecule is COc1ccc(Cl)cc1NC(=O)CN(C)Cc1cc(C)cc(C)c1. The molecule has 1 N–H and O–H groups in total. The topological polar surface area (TPSA) is 41.6 Å². The summed E-state index contributed by atoms with van der Waals surface area (Å²) >= 11 is 5.98. The summed E-state index contributed by atoms with van der Waals surface area (Å²) in [6.07, 6.45) is 0. The minimum atomic E-state index is -0.109. The number of hydrogen-bond acceptors (Lipinski definition) is 3. The number of carbonyl (C=O) groups excluding carboxylic acids is 1. The highest BCUT2D eigenvalue weighted by molar-refractivity contribution is 6.31. The largest absolute Gasteiger partial charge is 0.495 e. The predicted octanol–water partition coefficient (Wildman–Crippen LogP) is 4.04. The molecule has 0 aromatic heterocycles. The standard InChI is InChI=1S/C19H23ClN2O2/c1-13-7-14(2)9-15(8-13)11-22(3)12-19(23)21-17-10-16(20)5-6-18(17)24-4/h5-10H,11-12H2,1-4H3,(H,21,23). The van der Waals surface area contributed by atoms with E-state index in [1.165, 1.54) is 16.7 Å². The first-order chi connectivity index (χ1) is 11.4. The van der Waals surface area contributed by atoms with Crippen molar-refractivity contribution in [3.05, 3.63) is 58.1 Å². The average Bonchev–Trinajstić information content (AvgIpc) is 2.45. The number of amides is 1. The van der Waals surface area contributed by atoms with E-state index in [0.717, 1.165) is 0 Å². The zero-order valence-electron chi connectivity index (χ0n) is 14.5. The highest BCUT2D eigenvalue weighted by Gasteiger charge is 2.11. The van der Waals surface area contributed by atoms with Crippen LogP contribution in [-0.2, 0) is 11.3 Å². The number of carbonyl (C=O) groups is 1. The Bertz CT molecular complexity index is 711. The summed E-state index contributed by atoms with van der Waals surface area (Å²) in [5.41, 5.74) is 4.23. The maximum Gasteiger partial charge on any atom is 0.238 e. The van der Waals surface area contributed by atoms with Crippen molar-refractivity contribution in [2.45, 2.75) is 20.4 Å². The highest BCUT2D eigenvalue weighted by atomic mass is 35.5. The molecule has 5 heteroatoms. The van der Waals surface area contributed by atoms with Crippen molar-refractivity contribution in [2.24, 2.45) is 0 Å². The van der Waals surface area contributed by atoms with Gasteiger partial charge in [0.05, 0.1) is 19.3 Å². The minimum absolute atomic E-state index is 0.109. The van der Waals surface area contributed by atoms with Crippen LogP contribution in [0.15, 0.2) is 36.4 Å². The van der Waals surface area contributed by atoms with E-state index in [4.69, 9.17) is 16.3 Å². The third-order valence-corrected chi connectivity index (χ3v) is 3.82. The molecule has 0 aliphatic heterocycles. The molecule has 0 unspecified atom stereocenters. The van der Waals surface area contributed by atoms with Crippen molar-refractivity contribution in [1.82, 2.24) is 4.90 Å². The molecule has 0 saturated carbocycles. The number of halogens is 1. The van der Waals surface area contributed by atoms with E-state index in [0.29, 0.717) is 23.0 Å². The molecule has 0 radical (unpaired) electrons.